The zero-order valence-electron chi connectivity index (χ0n) is 10.8. The Hall–Kier alpha value is -1.92. The fourth-order valence-electron chi connectivity index (χ4n) is 2.64. The lowest BCUT2D eigenvalue weighted by atomic mass is 9.85. The first-order valence-electron chi connectivity index (χ1n) is 6.28. The third-order valence-corrected chi connectivity index (χ3v) is 5.22. The van der Waals surface area contributed by atoms with Crippen LogP contribution in [0, 0.1) is 10.1 Å². The predicted molar refractivity (Wildman–Crippen MR) is 81.5 cm³/mol. The van der Waals surface area contributed by atoms with Crippen molar-refractivity contribution in [1.29, 1.82) is 0 Å². The average molecular weight is 323 g/mol. The van der Waals surface area contributed by atoms with Gasteiger partial charge in [0.1, 0.15) is 0 Å². The molecule has 1 aliphatic rings. The number of nitrogens with one attached hydrogen (secondary N) is 1. The normalized spacial score (nSPS) is 21.7. The molecular formula is C14H11ClN2O3S. The van der Waals surface area contributed by atoms with Gasteiger partial charge in [0.2, 0.25) is 6.54 Å². The number of amides is 1. The van der Waals surface area contributed by atoms with Gasteiger partial charge < -0.3 is 5.32 Å². The van der Waals surface area contributed by atoms with Crippen molar-refractivity contribution >= 4 is 34.5 Å². The Labute approximate surface area is 129 Å². The van der Waals surface area contributed by atoms with E-state index in [1.807, 2.05) is 5.38 Å². The molecule has 7 heteroatoms. The first-order valence-corrected chi connectivity index (χ1v) is 7.54. The summed E-state index contributed by atoms with van der Waals surface area (Å²) in [6, 6.07) is 10.6. The van der Waals surface area contributed by atoms with Gasteiger partial charge in [-0.3, -0.25) is 14.9 Å². The Bertz CT molecular complexity index is 704. The molecule has 0 bridgehead atoms. The highest BCUT2D eigenvalue weighted by atomic mass is 35.5. The summed E-state index contributed by atoms with van der Waals surface area (Å²) in [6.45, 7) is -0.397. The number of hydrogen-bond acceptors (Lipinski definition) is 4. The molecule has 0 fully saturated rings. The lowest BCUT2D eigenvalue weighted by Crippen LogP contribution is -2.38. The molecule has 108 valence electrons. The maximum absolute atomic E-state index is 12.4. The number of alkyl halides is 1. The smallest absolute Gasteiger partial charge is 0.251 e. The fourth-order valence-corrected chi connectivity index (χ4v) is 3.99. The number of fused-ring (bicyclic) bond motifs is 1. The highest BCUT2D eigenvalue weighted by Crippen LogP contribution is 2.51. The van der Waals surface area contributed by atoms with E-state index < -0.39 is 28.2 Å². The maximum Gasteiger partial charge on any atom is 0.251 e. The number of hydrogen-bond donors (Lipinski definition) is 1. The van der Waals surface area contributed by atoms with Crippen molar-refractivity contribution in [2.45, 2.75) is 10.8 Å². The molecule has 3 rings (SSSR count). The molecule has 21 heavy (non-hydrogen) atoms. The van der Waals surface area contributed by atoms with Crippen molar-refractivity contribution < 1.29 is 9.72 Å². The monoisotopic (exact) mass is 322 g/mol. The quantitative estimate of drug-likeness (QED) is 0.534. The molecule has 0 saturated heterocycles. The molecule has 0 saturated carbocycles. The van der Waals surface area contributed by atoms with Crippen molar-refractivity contribution in [2.75, 3.05) is 11.9 Å². The highest BCUT2D eigenvalue weighted by molar-refractivity contribution is 7.10. The molecule has 1 aromatic carbocycles. The molecule has 2 heterocycles. The minimum absolute atomic E-state index is 0.397. The second-order valence-electron chi connectivity index (χ2n) is 4.79. The Morgan fingerprint density at radius 2 is 2.10 bits per heavy atom. The van der Waals surface area contributed by atoms with E-state index >= 15 is 0 Å². The standard InChI is InChI=1S/C14H11ClN2O3S/c15-14(9-4-1-2-5-11(9)16-13(14)18)10(8-17(19)20)12-6-3-7-21-12/h1-7,10H,8H2,(H,16,18)/t10-,14+/m1/s1. The van der Waals surface area contributed by atoms with Gasteiger partial charge in [0.05, 0.1) is 5.92 Å². The molecule has 5 nitrogen and oxygen atoms in total. The average Bonchev–Trinajstić information content (AvgIpc) is 3.05. The molecule has 1 amide bonds. The van der Waals surface area contributed by atoms with Crippen LogP contribution < -0.4 is 5.32 Å². The van der Waals surface area contributed by atoms with E-state index in [2.05, 4.69) is 5.32 Å². The Balaban J connectivity index is 2.14. The Morgan fingerprint density at radius 3 is 2.76 bits per heavy atom. The van der Waals surface area contributed by atoms with Gasteiger partial charge in [0.15, 0.2) is 4.87 Å². The Kier molecular flexibility index (Phi) is 3.43. The van der Waals surface area contributed by atoms with Gasteiger partial charge in [0, 0.05) is 21.1 Å². The predicted octanol–water partition coefficient (Wildman–Crippen LogP) is 3.19. The molecule has 1 aliphatic heterocycles. The zero-order valence-corrected chi connectivity index (χ0v) is 12.4. The van der Waals surface area contributed by atoms with Crippen LogP contribution in [0.5, 0.6) is 0 Å². The van der Waals surface area contributed by atoms with Crippen LogP contribution in [0.2, 0.25) is 0 Å². The van der Waals surface area contributed by atoms with E-state index in [0.717, 1.165) is 4.88 Å². The molecule has 0 spiro atoms. The molecule has 0 unspecified atom stereocenters. The third-order valence-electron chi connectivity index (χ3n) is 3.60. The van der Waals surface area contributed by atoms with Crippen molar-refractivity contribution in [2.24, 2.45) is 0 Å². The summed E-state index contributed by atoms with van der Waals surface area (Å²) in [6.07, 6.45) is 0. The van der Waals surface area contributed by atoms with Crippen LogP contribution in [-0.4, -0.2) is 17.4 Å². The van der Waals surface area contributed by atoms with E-state index in [1.54, 1.807) is 36.4 Å². The number of nitro groups is 1. The molecule has 1 aromatic heterocycles. The van der Waals surface area contributed by atoms with E-state index in [0.29, 0.717) is 11.3 Å². The number of anilines is 1. The lowest BCUT2D eigenvalue weighted by molar-refractivity contribution is -0.484. The second-order valence-corrected chi connectivity index (χ2v) is 6.37. The number of nitrogens with zero attached hydrogens (tertiary/aromatic N) is 1. The number of benzene rings is 1. The van der Waals surface area contributed by atoms with Crippen LogP contribution in [0.3, 0.4) is 0 Å². The number of thiophene rings is 1. The van der Waals surface area contributed by atoms with Gasteiger partial charge in [-0.25, -0.2) is 0 Å². The van der Waals surface area contributed by atoms with E-state index in [-0.39, 0.29) is 0 Å². The van der Waals surface area contributed by atoms with Gasteiger partial charge in [-0.15, -0.1) is 22.9 Å². The van der Waals surface area contributed by atoms with Gasteiger partial charge in [-0.2, -0.15) is 0 Å². The second kappa shape index (κ2) is 5.13. The Morgan fingerprint density at radius 1 is 1.33 bits per heavy atom. The summed E-state index contributed by atoms with van der Waals surface area (Å²) in [5.74, 6) is -1.12. The summed E-state index contributed by atoms with van der Waals surface area (Å²) in [5, 5.41) is 15.6. The summed E-state index contributed by atoms with van der Waals surface area (Å²) < 4.78 is 0. The van der Waals surface area contributed by atoms with Gasteiger partial charge in [-0.05, 0) is 17.5 Å². The number of rotatable bonds is 4. The first-order chi connectivity index (χ1) is 10.0. The summed E-state index contributed by atoms with van der Waals surface area (Å²) >= 11 is 8.01. The molecule has 2 aromatic rings. The summed E-state index contributed by atoms with van der Waals surface area (Å²) in [4.78, 5) is 22.3. The van der Waals surface area contributed by atoms with Gasteiger partial charge >= 0.3 is 0 Å². The van der Waals surface area contributed by atoms with Crippen molar-refractivity contribution in [3.63, 3.8) is 0 Å². The molecule has 1 N–H and O–H groups in total. The van der Waals surface area contributed by atoms with Crippen LogP contribution in [0.15, 0.2) is 41.8 Å². The summed E-state index contributed by atoms with van der Waals surface area (Å²) in [7, 11) is 0. The molecule has 2 atom stereocenters. The van der Waals surface area contributed by atoms with E-state index in [4.69, 9.17) is 11.6 Å². The minimum atomic E-state index is -1.45. The highest BCUT2D eigenvalue weighted by Gasteiger charge is 2.54. The largest absolute Gasteiger partial charge is 0.324 e. The SMILES string of the molecule is O=C1Nc2ccccc2[C@]1(Cl)[C@H](C[N+](=O)[O-])c1cccs1. The van der Waals surface area contributed by atoms with Crippen molar-refractivity contribution in [1.82, 2.24) is 0 Å². The van der Waals surface area contributed by atoms with Gasteiger partial charge in [0.25, 0.3) is 5.91 Å². The minimum Gasteiger partial charge on any atom is -0.324 e. The maximum atomic E-state index is 12.4. The fraction of sp³-hybridized carbons (Fsp3) is 0.214. The molecule has 0 aliphatic carbocycles. The number of carbonyl (C=O) groups is 1. The third kappa shape index (κ3) is 2.20. The zero-order chi connectivity index (χ0) is 15.0. The van der Waals surface area contributed by atoms with Crippen LogP contribution >= 0.6 is 22.9 Å². The van der Waals surface area contributed by atoms with Crippen LogP contribution in [0.25, 0.3) is 0 Å². The van der Waals surface area contributed by atoms with Crippen molar-refractivity contribution in [3.8, 4) is 0 Å². The van der Waals surface area contributed by atoms with E-state index in [1.165, 1.54) is 11.3 Å². The van der Waals surface area contributed by atoms with Crippen molar-refractivity contribution in [3.05, 3.63) is 62.3 Å². The first kappa shape index (κ1) is 14.0. The van der Waals surface area contributed by atoms with Gasteiger partial charge in [-0.1, -0.05) is 24.3 Å². The molecular weight excluding hydrogens is 312 g/mol. The van der Waals surface area contributed by atoms with Crippen LogP contribution in [-0.2, 0) is 9.67 Å². The topological polar surface area (TPSA) is 72.2 Å². The lowest BCUT2D eigenvalue weighted by Gasteiger charge is -2.26. The summed E-state index contributed by atoms with van der Waals surface area (Å²) in [5.41, 5.74) is 1.21. The molecule has 0 radical (unpaired) electrons. The van der Waals surface area contributed by atoms with Crippen LogP contribution in [0.1, 0.15) is 16.4 Å². The number of para-hydroxylation sites is 1. The van der Waals surface area contributed by atoms with Crippen LogP contribution in [0.4, 0.5) is 5.69 Å². The van der Waals surface area contributed by atoms with E-state index in [9.17, 15) is 14.9 Å². The number of carbonyl (C=O) groups excluding carboxylic acids is 1. The number of halogens is 1.